The molecule has 0 unspecified atom stereocenters. The second-order valence-corrected chi connectivity index (χ2v) is 5.38. The van der Waals surface area contributed by atoms with Gasteiger partial charge in [-0.25, -0.2) is 0 Å². The summed E-state index contributed by atoms with van der Waals surface area (Å²) in [5, 5.41) is 3.97. The van der Waals surface area contributed by atoms with E-state index in [-0.39, 0.29) is 11.0 Å². The summed E-state index contributed by atoms with van der Waals surface area (Å²) in [6, 6.07) is 2.92. The molecule has 1 heterocycles. The monoisotopic (exact) mass is 395 g/mol. The molecule has 0 bridgehead atoms. The Kier molecular flexibility index (Phi) is 7.88. The zero-order chi connectivity index (χ0) is 17.5. The van der Waals surface area contributed by atoms with Crippen LogP contribution in [0.3, 0.4) is 0 Å². The minimum Gasteiger partial charge on any atom is -0.493 e. The first-order chi connectivity index (χ1) is 11.0. The van der Waals surface area contributed by atoms with E-state index in [1.165, 1.54) is 6.07 Å². The number of hydrogen-bond donors (Lipinski definition) is 0. The highest BCUT2D eigenvalue weighted by molar-refractivity contribution is 9.09. The van der Waals surface area contributed by atoms with Gasteiger partial charge in [0.1, 0.15) is 5.75 Å². The van der Waals surface area contributed by atoms with Crippen molar-refractivity contribution in [2.24, 2.45) is 0 Å². The topological polar surface area (TPSA) is 35.3 Å². The van der Waals surface area contributed by atoms with Crippen LogP contribution in [0.2, 0.25) is 0 Å². The molecular formula is C16H21BrF3NO2. The van der Waals surface area contributed by atoms with E-state index in [0.717, 1.165) is 18.2 Å². The molecule has 1 aromatic heterocycles. The second-order valence-electron chi connectivity index (χ2n) is 4.59. The maximum absolute atomic E-state index is 12.9. The third-order valence-electron chi connectivity index (χ3n) is 3.00. The van der Waals surface area contributed by atoms with E-state index in [2.05, 4.69) is 21.1 Å². The van der Waals surface area contributed by atoms with Crippen LogP contribution < -0.4 is 4.74 Å². The Balaban J connectivity index is 0.00000127. The number of aromatic nitrogens is 1. The van der Waals surface area contributed by atoms with Gasteiger partial charge in [-0.15, -0.1) is 0 Å². The number of fused-ring (bicyclic) bond motifs is 1. The Morgan fingerprint density at radius 2 is 1.96 bits per heavy atom. The first-order valence-electron chi connectivity index (χ1n) is 7.66. The van der Waals surface area contributed by atoms with Gasteiger partial charge in [-0.05, 0) is 25.0 Å². The molecule has 0 saturated carbocycles. The van der Waals surface area contributed by atoms with E-state index in [4.69, 9.17) is 9.26 Å². The minimum atomic E-state index is -4.52. The van der Waals surface area contributed by atoms with Gasteiger partial charge in [0.2, 0.25) is 0 Å². The van der Waals surface area contributed by atoms with Gasteiger partial charge in [-0.2, -0.15) is 13.2 Å². The molecule has 0 fully saturated rings. The number of rotatable bonds is 6. The molecular weight excluding hydrogens is 375 g/mol. The highest BCUT2D eigenvalue weighted by Gasteiger charge is 2.37. The molecule has 0 radical (unpaired) electrons. The first kappa shape index (κ1) is 19.8. The number of halogens is 4. The van der Waals surface area contributed by atoms with Gasteiger partial charge < -0.3 is 9.26 Å². The summed E-state index contributed by atoms with van der Waals surface area (Å²) in [6.07, 6.45) is -2.36. The van der Waals surface area contributed by atoms with Gasteiger partial charge in [0, 0.05) is 10.9 Å². The first-order valence-corrected chi connectivity index (χ1v) is 8.78. The third-order valence-corrected chi connectivity index (χ3v) is 3.57. The van der Waals surface area contributed by atoms with Crippen LogP contribution in [0.5, 0.6) is 5.75 Å². The molecule has 0 N–H and O–H groups in total. The zero-order valence-electron chi connectivity index (χ0n) is 13.5. The van der Waals surface area contributed by atoms with Crippen LogP contribution in [0.4, 0.5) is 13.2 Å². The van der Waals surface area contributed by atoms with Crippen LogP contribution in [0.15, 0.2) is 16.7 Å². The van der Waals surface area contributed by atoms with Crippen molar-refractivity contribution in [3.63, 3.8) is 0 Å². The molecule has 7 heteroatoms. The van der Waals surface area contributed by atoms with E-state index in [1.54, 1.807) is 6.07 Å². The van der Waals surface area contributed by atoms with Gasteiger partial charge in [0.25, 0.3) is 0 Å². The number of nitrogens with zero attached hydrogens (tertiary/aromatic N) is 1. The number of alkyl halides is 4. The van der Waals surface area contributed by atoms with Crippen molar-refractivity contribution in [3.8, 4) is 5.75 Å². The predicted octanol–water partition coefficient (Wildman–Crippen LogP) is 5.99. The van der Waals surface area contributed by atoms with Crippen LogP contribution in [-0.2, 0) is 12.6 Å². The molecule has 0 amide bonds. The Morgan fingerprint density at radius 3 is 2.52 bits per heavy atom. The number of aryl methyl sites for hydroxylation is 1. The average Bonchev–Trinajstić information content (AvgIpc) is 2.96. The Morgan fingerprint density at radius 1 is 1.26 bits per heavy atom. The van der Waals surface area contributed by atoms with E-state index in [1.807, 2.05) is 20.8 Å². The maximum Gasteiger partial charge on any atom is 0.437 e. The predicted molar refractivity (Wildman–Crippen MR) is 88.3 cm³/mol. The fourth-order valence-corrected chi connectivity index (χ4v) is 2.33. The van der Waals surface area contributed by atoms with Gasteiger partial charge in [0.05, 0.1) is 12.0 Å². The van der Waals surface area contributed by atoms with Gasteiger partial charge >= 0.3 is 6.18 Å². The van der Waals surface area contributed by atoms with E-state index in [0.29, 0.717) is 24.3 Å². The van der Waals surface area contributed by atoms with Crippen LogP contribution >= 0.6 is 15.9 Å². The third kappa shape index (κ3) is 4.86. The molecule has 0 spiro atoms. The zero-order valence-corrected chi connectivity index (χ0v) is 15.1. The highest BCUT2D eigenvalue weighted by Crippen LogP contribution is 2.38. The summed E-state index contributed by atoms with van der Waals surface area (Å²) in [6.45, 7) is 6.44. The lowest BCUT2D eigenvalue weighted by Crippen LogP contribution is -2.06. The molecule has 2 aromatic rings. The summed E-state index contributed by atoms with van der Waals surface area (Å²) >= 11 is 3.30. The van der Waals surface area contributed by atoms with Crippen molar-refractivity contribution in [3.05, 3.63) is 23.4 Å². The Bertz CT molecular complexity index is 611. The number of hydrogen-bond acceptors (Lipinski definition) is 3. The van der Waals surface area contributed by atoms with E-state index >= 15 is 0 Å². The van der Waals surface area contributed by atoms with Crippen LogP contribution in [-0.4, -0.2) is 17.1 Å². The summed E-state index contributed by atoms with van der Waals surface area (Å²) in [4.78, 5) is 0. The van der Waals surface area contributed by atoms with Crippen molar-refractivity contribution in [1.82, 2.24) is 5.16 Å². The Labute approximate surface area is 142 Å². The molecule has 2 rings (SSSR count). The summed E-state index contributed by atoms with van der Waals surface area (Å²) in [5.41, 5.74) is -0.171. The van der Waals surface area contributed by atoms with Gasteiger partial charge in [0.15, 0.2) is 11.3 Å². The molecule has 0 atom stereocenters. The van der Waals surface area contributed by atoms with Crippen molar-refractivity contribution >= 4 is 26.9 Å². The fourth-order valence-electron chi connectivity index (χ4n) is 2.10. The summed E-state index contributed by atoms with van der Waals surface area (Å²) < 4.78 is 49.2. The number of benzene rings is 1. The average molecular weight is 396 g/mol. The quantitative estimate of drug-likeness (QED) is 0.445. The molecule has 0 aliphatic heterocycles. The molecule has 0 aliphatic carbocycles. The molecule has 23 heavy (non-hydrogen) atoms. The van der Waals surface area contributed by atoms with Crippen molar-refractivity contribution in [2.75, 3.05) is 11.9 Å². The molecule has 0 saturated heterocycles. The molecule has 1 aromatic carbocycles. The van der Waals surface area contributed by atoms with Crippen LogP contribution in [0, 0.1) is 0 Å². The van der Waals surface area contributed by atoms with E-state index < -0.39 is 11.9 Å². The normalized spacial score (nSPS) is 11.3. The van der Waals surface area contributed by atoms with Gasteiger partial charge in [-0.3, -0.25) is 0 Å². The maximum atomic E-state index is 12.9. The fraction of sp³-hybridized carbons (Fsp3) is 0.562. The lowest BCUT2D eigenvalue weighted by molar-refractivity contribution is -0.141. The molecule has 3 nitrogen and oxygen atoms in total. The summed E-state index contributed by atoms with van der Waals surface area (Å²) in [5.74, 6) is 0.565. The smallest absolute Gasteiger partial charge is 0.437 e. The summed E-state index contributed by atoms with van der Waals surface area (Å²) in [7, 11) is 0. The molecule has 130 valence electrons. The largest absolute Gasteiger partial charge is 0.493 e. The SMILES string of the molecule is CC.CCCc1c(OCCCBr)ccc2c(C(F)(F)F)noc12. The van der Waals surface area contributed by atoms with E-state index in [9.17, 15) is 13.2 Å². The van der Waals surface area contributed by atoms with Crippen molar-refractivity contribution in [1.29, 1.82) is 0 Å². The second kappa shape index (κ2) is 9.15. The standard InChI is InChI=1S/C14H15BrF3NO2.C2H6/c1-2-4-9-11(20-8-3-7-15)6-5-10-12(9)21-19-13(10)14(16,17)18;1-2/h5-6H,2-4,7-8H2,1H3;1-2H3. The van der Waals surface area contributed by atoms with Crippen molar-refractivity contribution in [2.45, 2.75) is 46.2 Å². The molecule has 0 aliphatic rings. The minimum absolute atomic E-state index is 0.0150. The van der Waals surface area contributed by atoms with Crippen LogP contribution in [0.1, 0.15) is 44.9 Å². The lowest BCUT2D eigenvalue weighted by Gasteiger charge is -2.11. The Hall–Kier alpha value is -1.24. The number of ether oxygens (including phenoxy) is 1. The highest BCUT2D eigenvalue weighted by atomic mass is 79.9. The lowest BCUT2D eigenvalue weighted by atomic mass is 10.0. The van der Waals surface area contributed by atoms with Gasteiger partial charge in [-0.1, -0.05) is 48.3 Å². The van der Waals surface area contributed by atoms with Crippen molar-refractivity contribution < 1.29 is 22.4 Å². The van der Waals surface area contributed by atoms with Crippen LogP contribution in [0.25, 0.3) is 11.0 Å².